The number of halogens is 2. The van der Waals surface area contributed by atoms with E-state index in [-0.39, 0.29) is 11.5 Å². The van der Waals surface area contributed by atoms with Gasteiger partial charge in [0.1, 0.15) is 5.82 Å². The molecule has 0 heterocycles. The largest absolute Gasteiger partial charge is 0.397 e. The fourth-order valence-corrected chi connectivity index (χ4v) is 1.07. The maximum Gasteiger partial charge on any atom is 0.138 e. The van der Waals surface area contributed by atoms with Gasteiger partial charge in [0, 0.05) is 0 Å². The standard InChI is InChI=1S/C6H6FIN2/c7-3-1-5(9)6(10)2-4(3)8/h1-2H,9-10H2. The first-order chi connectivity index (χ1) is 4.61. The molecule has 1 aromatic carbocycles. The molecule has 54 valence electrons. The molecule has 4 heteroatoms. The summed E-state index contributed by atoms with van der Waals surface area (Å²) >= 11 is 1.86. The Balaban J connectivity index is 3.28. The van der Waals surface area contributed by atoms with E-state index in [9.17, 15) is 4.39 Å². The average Bonchev–Trinajstić information content (AvgIpc) is 1.84. The van der Waals surface area contributed by atoms with E-state index < -0.39 is 0 Å². The number of hydrogen-bond acceptors (Lipinski definition) is 2. The van der Waals surface area contributed by atoms with E-state index in [1.807, 2.05) is 22.6 Å². The summed E-state index contributed by atoms with van der Waals surface area (Å²) in [5, 5.41) is 0. The van der Waals surface area contributed by atoms with Crippen LogP contribution in [0.15, 0.2) is 12.1 Å². The summed E-state index contributed by atoms with van der Waals surface area (Å²) in [6.45, 7) is 0. The van der Waals surface area contributed by atoms with E-state index in [1.54, 1.807) is 0 Å². The predicted molar refractivity (Wildman–Crippen MR) is 47.9 cm³/mol. The summed E-state index contributed by atoms with van der Waals surface area (Å²) in [6, 6.07) is 2.72. The van der Waals surface area contributed by atoms with Crippen molar-refractivity contribution < 1.29 is 4.39 Å². The van der Waals surface area contributed by atoms with Crippen molar-refractivity contribution in [2.45, 2.75) is 0 Å². The lowest BCUT2D eigenvalue weighted by Gasteiger charge is -2.00. The van der Waals surface area contributed by atoms with Gasteiger partial charge in [0.05, 0.1) is 14.9 Å². The van der Waals surface area contributed by atoms with Crippen molar-refractivity contribution in [3.63, 3.8) is 0 Å². The third kappa shape index (κ3) is 1.31. The predicted octanol–water partition coefficient (Wildman–Crippen LogP) is 1.59. The summed E-state index contributed by atoms with van der Waals surface area (Å²) in [5.41, 5.74) is 11.4. The first-order valence-corrected chi connectivity index (χ1v) is 3.69. The quantitative estimate of drug-likeness (QED) is 0.544. The Morgan fingerprint density at radius 1 is 1.20 bits per heavy atom. The Kier molecular flexibility index (Phi) is 1.98. The minimum atomic E-state index is -0.327. The lowest BCUT2D eigenvalue weighted by molar-refractivity contribution is 0.621. The molecule has 1 rings (SSSR count). The van der Waals surface area contributed by atoms with Crippen LogP contribution in [0.1, 0.15) is 0 Å². The van der Waals surface area contributed by atoms with Gasteiger partial charge in [-0.2, -0.15) is 0 Å². The smallest absolute Gasteiger partial charge is 0.138 e. The van der Waals surface area contributed by atoms with Gasteiger partial charge in [-0.1, -0.05) is 0 Å². The zero-order valence-electron chi connectivity index (χ0n) is 5.07. The molecule has 0 saturated heterocycles. The zero-order chi connectivity index (χ0) is 7.72. The van der Waals surface area contributed by atoms with Crippen molar-refractivity contribution in [1.82, 2.24) is 0 Å². The van der Waals surface area contributed by atoms with Crippen LogP contribution in [0.4, 0.5) is 15.8 Å². The molecule has 0 aromatic heterocycles. The van der Waals surface area contributed by atoms with E-state index in [4.69, 9.17) is 11.5 Å². The molecule has 0 fully saturated rings. The number of benzene rings is 1. The summed E-state index contributed by atoms with van der Waals surface area (Å²) in [4.78, 5) is 0. The third-order valence-corrected chi connectivity index (χ3v) is 1.95. The molecule has 10 heavy (non-hydrogen) atoms. The van der Waals surface area contributed by atoms with Crippen molar-refractivity contribution in [2.75, 3.05) is 11.5 Å². The highest BCUT2D eigenvalue weighted by Gasteiger charge is 2.01. The van der Waals surface area contributed by atoms with Crippen molar-refractivity contribution in [2.24, 2.45) is 0 Å². The Bertz CT molecular complexity index is 212. The van der Waals surface area contributed by atoms with Crippen LogP contribution in [0.25, 0.3) is 0 Å². The summed E-state index contributed by atoms with van der Waals surface area (Å²) < 4.78 is 13.1. The van der Waals surface area contributed by atoms with Gasteiger partial charge in [0.25, 0.3) is 0 Å². The second-order valence-electron chi connectivity index (χ2n) is 1.90. The Labute approximate surface area is 71.5 Å². The molecule has 1 aromatic rings. The molecule has 0 bridgehead atoms. The van der Waals surface area contributed by atoms with Crippen molar-refractivity contribution in [3.05, 3.63) is 21.5 Å². The lowest BCUT2D eigenvalue weighted by atomic mass is 10.3. The minimum absolute atomic E-state index is 0.290. The molecule has 0 radical (unpaired) electrons. The van der Waals surface area contributed by atoms with Crippen molar-refractivity contribution >= 4 is 34.0 Å². The molecule has 0 spiro atoms. The highest BCUT2D eigenvalue weighted by Crippen LogP contribution is 2.20. The molecule has 0 amide bonds. The number of hydrogen-bond donors (Lipinski definition) is 2. The van der Waals surface area contributed by atoms with Gasteiger partial charge in [-0.3, -0.25) is 0 Å². The molecule has 0 saturated carbocycles. The highest BCUT2D eigenvalue weighted by atomic mass is 127. The van der Waals surface area contributed by atoms with Crippen molar-refractivity contribution in [3.8, 4) is 0 Å². The molecular weight excluding hydrogens is 246 g/mol. The monoisotopic (exact) mass is 252 g/mol. The van der Waals surface area contributed by atoms with E-state index in [0.29, 0.717) is 9.26 Å². The van der Waals surface area contributed by atoms with Gasteiger partial charge in [-0.15, -0.1) is 0 Å². The highest BCUT2D eigenvalue weighted by molar-refractivity contribution is 14.1. The summed E-state index contributed by atoms with van der Waals surface area (Å²) in [7, 11) is 0. The van der Waals surface area contributed by atoms with E-state index >= 15 is 0 Å². The first kappa shape index (κ1) is 7.59. The maximum absolute atomic E-state index is 12.6. The number of nitrogen functional groups attached to an aromatic ring is 2. The van der Waals surface area contributed by atoms with Crippen LogP contribution in [0.2, 0.25) is 0 Å². The van der Waals surface area contributed by atoms with Crippen LogP contribution in [0, 0.1) is 9.39 Å². The molecule has 0 unspecified atom stereocenters. The average molecular weight is 252 g/mol. The molecular formula is C6H6FIN2. The fourth-order valence-electron chi connectivity index (χ4n) is 0.578. The van der Waals surface area contributed by atoms with Crippen molar-refractivity contribution in [1.29, 1.82) is 0 Å². The topological polar surface area (TPSA) is 52.0 Å². The van der Waals surface area contributed by atoms with E-state index in [1.165, 1.54) is 12.1 Å². The summed E-state index contributed by atoms with van der Waals surface area (Å²) in [6.07, 6.45) is 0. The Hall–Kier alpha value is -0.520. The van der Waals surface area contributed by atoms with Gasteiger partial charge in [0.2, 0.25) is 0 Å². The molecule has 0 aliphatic carbocycles. The third-order valence-electron chi connectivity index (χ3n) is 1.13. The SMILES string of the molecule is Nc1cc(F)c(I)cc1N. The van der Waals surface area contributed by atoms with Gasteiger partial charge in [0.15, 0.2) is 0 Å². The number of anilines is 2. The molecule has 2 nitrogen and oxygen atoms in total. The number of nitrogens with two attached hydrogens (primary N) is 2. The van der Waals surface area contributed by atoms with Crippen LogP contribution >= 0.6 is 22.6 Å². The zero-order valence-corrected chi connectivity index (χ0v) is 7.22. The van der Waals surface area contributed by atoms with Crippen LogP contribution in [-0.4, -0.2) is 0 Å². The van der Waals surface area contributed by atoms with Gasteiger partial charge in [-0.05, 0) is 34.7 Å². The van der Waals surface area contributed by atoms with Crippen LogP contribution in [0.3, 0.4) is 0 Å². The first-order valence-electron chi connectivity index (χ1n) is 2.61. The minimum Gasteiger partial charge on any atom is -0.397 e. The van der Waals surface area contributed by atoms with Gasteiger partial charge in [-0.25, -0.2) is 4.39 Å². The normalized spacial score (nSPS) is 9.80. The number of rotatable bonds is 0. The van der Waals surface area contributed by atoms with E-state index in [2.05, 4.69) is 0 Å². The maximum atomic E-state index is 12.6. The van der Waals surface area contributed by atoms with Crippen LogP contribution < -0.4 is 11.5 Å². The summed E-state index contributed by atoms with van der Waals surface area (Å²) in [5.74, 6) is -0.327. The second-order valence-corrected chi connectivity index (χ2v) is 3.06. The second kappa shape index (κ2) is 2.61. The molecule has 0 aliphatic heterocycles. The van der Waals surface area contributed by atoms with E-state index in [0.717, 1.165) is 0 Å². The Morgan fingerprint density at radius 3 is 2.20 bits per heavy atom. The molecule has 4 N–H and O–H groups in total. The molecule has 0 atom stereocenters. The van der Waals surface area contributed by atoms with Crippen LogP contribution in [-0.2, 0) is 0 Å². The lowest BCUT2D eigenvalue weighted by Crippen LogP contribution is -1.96. The fraction of sp³-hybridized carbons (Fsp3) is 0. The molecule has 0 aliphatic rings. The van der Waals surface area contributed by atoms with Gasteiger partial charge < -0.3 is 11.5 Å². The Morgan fingerprint density at radius 2 is 1.70 bits per heavy atom. The van der Waals surface area contributed by atoms with Gasteiger partial charge >= 0.3 is 0 Å². The van der Waals surface area contributed by atoms with Crippen LogP contribution in [0.5, 0.6) is 0 Å².